The normalized spacial score (nSPS) is 10.8. The van der Waals surface area contributed by atoms with Crippen LogP contribution in [0.25, 0.3) is 22.3 Å². The summed E-state index contributed by atoms with van der Waals surface area (Å²) >= 11 is 0. The summed E-state index contributed by atoms with van der Waals surface area (Å²) in [7, 11) is 0. The number of nitrogens with zero attached hydrogens (tertiary/aromatic N) is 4. The first-order chi connectivity index (χ1) is 10.1. The maximum absolute atomic E-state index is 10.9. The monoisotopic (exact) mass is 280 g/mol. The van der Waals surface area contributed by atoms with Gasteiger partial charge in [-0.15, -0.1) is 0 Å². The van der Waals surface area contributed by atoms with Gasteiger partial charge in [0.2, 0.25) is 0 Å². The highest BCUT2D eigenvalue weighted by Crippen LogP contribution is 2.22. The van der Waals surface area contributed by atoms with Crippen LogP contribution in [0.3, 0.4) is 0 Å². The molecule has 0 saturated heterocycles. The maximum Gasteiger partial charge on any atom is 0.335 e. The minimum Gasteiger partial charge on any atom is -0.478 e. The minimum absolute atomic E-state index is 0.234. The van der Waals surface area contributed by atoms with Crippen LogP contribution in [0.1, 0.15) is 21.7 Å². The summed E-state index contributed by atoms with van der Waals surface area (Å²) in [6.45, 7) is 3.76. The van der Waals surface area contributed by atoms with Gasteiger partial charge in [0.05, 0.1) is 28.7 Å². The molecule has 0 atom stereocenters. The van der Waals surface area contributed by atoms with Crippen LogP contribution in [0.4, 0.5) is 0 Å². The number of rotatable bonds is 2. The topological polar surface area (TPSA) is 88.9 Å². The molecule has 1 aromatic carbocycles. The SMILES string of the molecule is Cc1nncc2nc(-c3ccc(C(=O)O)cc3)nc(C)c12. The predicted octanol–water partition coefficient (Wildman–Crippen LogP) is 2.40. The van der Waals surface area contributed by atoms with E-state index in [1.54, 1.807) is 18.3 Å². The Kier molecular flexibility index (Phi) is 3.06. The van der Waals surface area contributed by atoms with E-state index in [9.17, 15) is 4.79 Å². The molecule has 0 radical (unpaired) electrons. The minimum atomic E-state index is -0.956. The lowest BCUT2D eigenvalue weighted by Crippen LogP contribution is -1.99. The van der Waals surface area contributed by atoms with Gasteiger partial charge in [0, 0.05) is 10.9 Å². The molecule has 6 nitrogen and oxygen atoms in total. The molecular weight excluding hydrogens is 268 g/mol. The first-order valence-corrected chi connectivity index (χ1v) is 6.36. The summed E-state index contributed by atoms with van der Waals surface area (Å²) in [5.41, 5.74) is 3.34. The van der Waals surface area contributed by atoms with Crippen molar-refractivity contribution in [1.82, 2.24) is 20.2 Å². The van der Waals surface area contributed by atoms with E-state index in [0.29, 0.717) is 5.82 Å². The number of hydrogen-bond acceptors (Lipinski definition) is 5. The molecule has 0 bridgehead atoms. The number of carboxylic acid groups (broad SMARTS) is 1. The molecule has 21 heavy (non-hydrogen) atoms. The van der Waals surface area contributed by atoms with Crippen molar-refractivity contribution in [2.75, 3.05) is 0 Å². The fraction of sp³-hybridized carbons (Fsp3) is 0.133. The van der Waals surface area contributed by atoms with Crippen LogP contribution < -0.4 is 0 Å². The second kappa shape index (κ2) is 4.90. The molecular formula is C15H12N4O2. The maximum atomic E-state index is 10.9. The third kappa shape index (κ3) is 2.31. The first-order valence-electron chi connectivity index (χ1n) is 6.36. The van der Waals surface area contributed by atoms with Crippen molar-refractivity contribution >= 4 is 16.9 Å². The van der Waals surface area contributed by atoms with Crippen LogP contribution in [0.15, 0.2) is 30.5 Å². The molecule has 0 aliphatic carbocycles. The highest BCUT2D eigenvalue weighted by Gasteiger charge is 2.10. The van der Waals surface area contributed by atoms with Gasteiger partial charge in [-0.2, -0.15) is 10.2 Å². The van der Waals surface area contributed by atoms with E-state index >= 15 is 0 Å². The van der Waals surface area contributed by atoms with Gasteiger partial charge in [-0.05, 0) is 26.0 Å². The average Bonchev–Trinajstić information content (AvgIpc) is 2.47. The zero-order valence-electron chi connectivity index (χ0n) is 11.5. The van der Waals surface area contributed by atoms with Crippen molar-refractivity contribution in [1.29, 1.82) is 0 Å². The quantitative estimate of drug-likeness (QED) is 0.775. The van der Waals surface area contributed by atoms with Crippen molar-refractivity contribution in [2.45, 2.75) is 13.8 Å². The van der Waals surface area contributed by atoms with Crippen LogP contribution >= 0.6 is 0 Å². The van der Waals surface area contributed by atoms with Crippen molar-refractivity contribution in [3.05, 3.63) is 47.4 Å². The van der Waals surface area contributed by atoms with E-state index in [-0.39, 0.29) is 5.56 Å². The standard InChI is InChI=1S/C15H12N4O2/c1-8-13-9(2)19-16-7-12(13)18-14(17-8)10-3-5-11(6-4-10)15(20)21/h3-7H,1-2H3,(H,20,21). The highest BCUT2D eigenvalue weighted by molar-refractivity contribution is 5.88. The number of aromatic nitrogens is 4. The molecule has 104 valence electrons. The molecule has 3 aromatic rings. The molecule has 6 heteroatoms. The Hall–Kier alpha value is -2.89. The summed E-state index contributed by atoms with van der Waals surface area (Å²) in [4.78, 5) is 19.8. The Labute approximate surface area is 120 Å². The Morgan fingerprint density at radius 1 is 1.05 bits per heavy atom. The number of aryl methyl sites for hydroxylation is 2. The summed E-state index contributed by atoms with van der Waals surface area (Å²) in [6.07, 6.45) is 1.60. The smallest absolute Gasteiger partial charge is 0.335 e. The van der Waals surface area contributed by atoms with Crippen LogP contribution in [0, 0.1) is 13.8 Å². The molecule has 0 aliphatic heterocycles. The van der Waals surface area contributed by atoms with Crippen LogP contribution in [0.2, 0.25) is 0 Å². The van der Waals surface area contributed by atoms with Gasteiger partial charge >= 0.3 is 5.97 Å². The van der Waals surface area contributed by atoms with Gasteiger partial charge in [0.15, 0.2) is 5.82 Å². The second-order valence-corrected chi connectivity index (χ2v) is 4.71. The van der Waals surface area contributed by atoms with Crippen molar-refractivity contribution < 1.29 is 9.90 Å². The summed E-state index contributed by atoms with van der Waals surface area (Å²) < 4.78 is 0. The highest BCUT2D eigenvalue weighted by atomic mass is 16.4. The lowest BCUT2D eigenvalue weighted by Gasteiger charge is -2.07. The molecule has 0 unspecified atom stereocenters. The molecule has 0 saturated carbocycles. The Balaban J connectivity index is 2.15. The molecule has 1 N–H and O–H groups in total. The third-order valence-corrected chi connectivity index (χ3v) is 3.26. The average molecular weight is 280 g/mol. The van der Waals surface area contributed by atoms with E-state index in [0.717, 1.165) is 27.9 Å². The van der Waals surface area contributed by atoms with Gasteiger partial charge in [0.25, 0.3) is 0 Å². The molecule has 0 spiro atoms. The van der Waals surface area contributed by atoms with Gasteiger partial charge in [-0.1, -0.05) is 12.1 Å². The molecule has 3 rings (SSSR count). The van der Waals surface area contributed by atoms with E-state index in [1.165, 1.54) is 12.1 Å². The summed E-state index contributed by atoms with van der Waals surface area (Å²) in [6, 6.07) is 6.48. The fourth-order valence-electron chi connectivity index (χ4n) is 2.25. The summed E-state index contributed by atoms with van der Waals surface area (Å²) in [5.74, 6) is -0.410. The third-order valence-electron chi connectivity index (χ3n) is 3.26. The van der Waals surface area contributed by atoms with Gasteiger partial charge in [0.1, 0.15) is 0 Å². The van der Waals surface area contributed by atoms with Crippen LogP contribution in [0.5, 0.6) is 0 Å². The predicted molar refractivity (Wildman–Crippen MR) is 77.0 cm³/mol. The number of carboxylic acids is 1. The molecule has 0 fully saturated rings. The second-order valence-electron chi connectivity index (χ2n) is 4.71. The molecule has 0 amide bonds. The Morgan fingerprint density at radius 2 is 1.76 bits per heavy atom. The van der Waals surface area contributed by atoms with Crippen molar-refractivity contribution in [3.8, 4) is 11.4 Å². The number of carbonyl (C=O) groups is 1. The zero-order chi connectivity index (χ0) is 15.0. The van der Waals surface area contributed by atoms with E-state index in [2.05, 4.69) is 20.2 Å². The van der Waals surface area contributed by atoms with Crippen molar-refractivity contribution in [3.63, 3.8) is 0 Å². The lowest BCUT2D eigenvalue weighted by atomic mass is 10.1. The Bertz CT molecular complexity index is 844. The molecule has 0 aliphatic rings. The number of hydrogen-bond donors (Lipinski definition) is 1. The summed E-state index contributed by atoms with van der Waals surface area (Å²) in [5, 5.41) is 17.7. The van der Waals surface area contributed by atoms with Crippen LogP contribution in [-0.4, -0.2) is 31.2 Å². The fourth-order valence-corrected chi connectivity index (χ4v) is 2.25. The zero-order valence-corrected chi connectivity index (χ0v) is 11.5. The number of fused-ring (bicyclic) bond motifs is 1. The molecule has 2 aromatic heterocycles. The lowest BCUT2D eigenvalue weighted by molar-refractivity contribution is 0.0697. The van der Waals surface area contributed by atoms with Crippen LogP contribution in [-0.2, 0) is 0 Å². The number of aromatic carboxylic acids is 1. The molecule has 2 heterocycles. The van der Waals surface area contributed by atoms with Gasteiger partial charge in [-0.25, -0.2) is 14.8 Å². The largest absolute Gasteiger partial charge is 0.478 e. The first kappa shape index (κ1) is 13.1. The van der Waals surface area contributed by atoms with E-state index in [4.69, 9.17) is 5.11 Å². The van der Waals surface area contributed by atoms with Gasteiger partial charge in [-0.3, -0.25) is 0 Å². The Morgan fingerprint density at radius 3 is 2.43 bits per heavy atom. The number of benzene rings is 1. The van der Waals surface area contributed by atoms with E-state index in [1.807, 2.05) is 13.8 Å². The van der Waals surface area contributed by atoms with Crippen molar-refractivity contribution in [2.24, 2.45) is 0 Å². The van der Waals surface area contributed by atoms with E-state index < -0.39 is 5.97 Å². The van der Waals surface area contributed by atoms with Gasteiger partial charge < -0.3 is 5.11 Å².